The van der Waals surface area contributed by atoms with Crippen LogP contribution in [-0.2, 0) is 13.0 Å². The lowest BCUT2D eigenvalue weighted by molar-refractivity contribution is 0.211. The second-order valence-electron chi connectivity index (χ2n) is 6.41. The molecule has 4 heteroatoms. The van der Waals surface area contributed by atoms with E-state index < -0.39 is 0 Å². The van der Waals surface area contributed by atoms with Gasteiger partial charge in [-0.2, -0.15) is 0 Å². The quantitative estimate of drug-likeness (QED) is 0.500. The monoisotopic (exact) mass is 377 g/mol. The van der Waals surface area contributed by atoms with Gasteiger partial charge in [0, 0.05) is 6.54 Å². The van der Waals surface area contributed by atoms with Gasteiger partial charge in [0.2, 0.25) is 0 Å². The molecule has 146 valence electrons. The van der Waals surface area contributed by atoms with Gasteiger partial charge in [-0.05, 0) is 48.4 Å². The van der Waals surface area contributed by atoms with Crippen molar-refractivity contribution in [2.24, 2.45) is 0 Å². The van der Waals surface area contributed by atoms with Crippen molar-refractivity contribution >= 4 is 0 Å². The Morgan fingerprint density at radius 3 is 2.18 bits per heavy atom. The van der Waals surface area contributed by atoms with E-state index in [1.165, 1.54) is 5.56 Å². The van der Waals surface area contributed by atoms with E-state index in [0.29, 0.717) is 13.2 Å². The molecule has 0 bridgehead atoms. The van der Waals surface area contributed by atoms with Crippen LogP contribution in [0.1, 0.15) is 11.1 Å². The molecule has 0 aromatic heterocycles. The number of rotatable bonds is 11. The SMILES string of the molecule is COc1cc(CNCCc2ccccc2)ccc1OCCOc1ccccc1. The lowest BCUT2D eigenvalue weighted by atomic mass is 10.1. The Morgan fingerprint density at radius 1 is 0.714 bits per heavy atom. The van der Waals surface area contributed by atoms with Gasteiger partial charge in [0.25, 0.3) is 0 Å². The minimum atomic E-state index is 0.458. The first-order chi connectivity index (χ1) is 13.8. The third kappa shape index (κ3) is 6.32. The molecule has 3 rings (SSSR count). The molecule has 0 saturated heterocycles. The summed E-state index contributed by atoms with van der Waals surface area (Å²) in [4.78, 5) is 0. The average Bonchev–Trinajstić information content (AvgIpc) is 2.76. The van der Waals surface area contributed by atoms with E-state index in [0.717, 1.165) is 42.3 Å². The summed E-state index contributed by atoms with van der Waals surface area (Å²) >= 11 is 0. The van der Waals surface area contributed by atoms with Crippen LogP contribution in [0, 0.1) is 0 Å². The van der Waals surface area contributed by atoms with Gasteiger partial charge in [-0.25, -0.2) is 0 Å². The number of ether oxygens (including phenoxy) is 3. The van der Waals surface area contributed by atoms with E-state index in [1.54, 1.807) is 7.11 Å². The van der Waals surface area contributed by atoms with Crippen LogP contribution < -0.4 is 19.5 Å². The fraction of sp³-hybridized carbons (Fsp3) is 0.250. The summed E-state index contributed by atoms with van der Waals surface area (Å²) in [6, 6.07) is 26.2. The minimum absolute atomic E-state index is 0.458. The Hall–Kier alpha value is -2.98. The zero-order valence-electron chi connectivity index (χ0n) is 16.3. The van der Waals surface area contributed by atoms with Gasteiger partial charge in [0.05, 0.1) is 7.11 Å². The molecular weight excluding hydrogens is 350 g/mol. The second kappa shape index (κ2) is 11.0. The lowest BCUT2D eigenvalue weighted by Gasteiger charge is -2.13. The molecule has 28 heavy (non-hydrogen) atoms. The van der Waals surface area contributed by atoms with Crippen LogP contribution in [0.2, 0.25) is 0 Å². The van der Waals surface area contributed by atoms with Gasteiger partial charge in [0.15, 0.2) is 11.5 Å². The standard InChI is InChI=1S/C24H27NO3/c1-26-24-18-21(19-25-15-14-20-8-4-2-5-9-20)12-13-23(24)28-17-16-27-22-10-6-3-7-11-22/h2-13,18,25H,14-17,19H2,1H3. The second-order valence-corrected chi connectivity index (χ2v) is 6.41. The molecule has 0 saturated carbocycles. The summed E-state index contributed by atoms with van der Waals surface area (Å²) in [5, 5.41) is 3.48. The Bertz CT molecular complexity index is 822. The van der Waals surface area contributed by atoms with Crippen molar-refractivity contribution in [2.45, 2.75) is 13.0 Å². The van der Waals surface area contributed by atoms with Crippen molar-refractivity contribution in [2.75, 3.05) is 26.9 Å². The maximum atomic E-state index is 5.82. The number of hydrogen-bond donors (Lipinski definition) is 1. The molecule has 0 aliphatic rings. The zero-order valence-corrected chi connectivity index (χ0v) is 16.3. The third-order valence-corrected chi connectivity index (χ3v) is 4.34. The molecule has 1 N–H and O–H groups in total. The third-order valence-electron chi connectivity index (χ3n) is 4.34. The number of hydrogen-bond acceptors (Lipinski definition) is 4. The van der Waals surface area contributed by atoms with Crippen LogP contribution in [0.4, 0.5) is 0 Å². The molecule has 0 spiro atoms. The molecule has 0 aliphatic carbocycles. The fourth-order valence-electron chi connectivity index (χ4n) is 2.88. The minimum Gasteiger partial charge on any atom is -0.493 e. The van der Waals surface area contributed by atoms with Gasteiger partial charge in [-0.1, -0.05) is 54.6 Å². The fourth-order valence-corrected chi connectivity index (χ4v) is 2.88. The highest BCUT2D eigenvalue weighted by Crippen LogP contribution is 2.28. The number of para-hydroxylation sites is 1. The first-order valence-corrected chi connectivity index (χ1v) is 9.57. The summed E-state index contributed by atoms with van der Waals surface area (Å²) in [7, 11) is 1.66. The molecule has 0 radical (unpaired) electrons. The molecule has 3 aromatic carbocycles. The summed E-state index contributed by atoms with van der Waals surface area (Å²) in [6.45, 7) is 2.66. The van der Waals surface area contributed by atoms with Crippen molar-refractivity contribution in [3.63, 3.8) is 0 Å². The van der Waals surface area contributed by atoms with Crippen LogP contribution in [0.15, 0.2) is 78.9 Å². The summed E-state index contributed by atoms with van der Waals surface area (Å²) in [5.41, 5.74) is 2.51. The summed E-state index contributed by atoms with van der Waals surface area (Å²) in [6.07, 6.45) is 1.01. The predicted octanol–water partition coefficient (Wildman–Crippen LogP) is 4.49. The highest BCUT2D eigenvalue weighted by Gasteiger charge is 2.06. The first-order valence-electron chi connectivity index (χ1n) is 9.57. The van der Waals surface area contributed by atoms with Crippen LogP contribution in [0.5, 0.6) is 17.2 Å². The number of nitrogens with one attached hydrogen (secondary N) is 1. The van der Waals surface area contributed by atoms with E-state index in [9.17, 15) is 0 Å². The van der Waals surface area contributed by atoms with E-state index in [2.05, 4.69) is 35.6 Å². The maximum absolute atomic E-state index is 5.82. The van der Waals surface area contributed by atoms with Crippen LogP contribution in [0.25, 0.3) is 0 Å². The highest BCUT2D eigenvalue weighted by atomic mass is 16.5. The van der Waals surface area contributed by atoms with Gasteiger partial charge < -0.3 is 19.5 Å². The van der Waals surface area contributed by atoms with Crippen molar-refractivity contribution in [3.05, 3.63) is 90.0 Å². The summed E-state index contributed by atoms with van der Waals surface area (Å²) < 4.78 is 17.0. The highest BCUT2D eigenvalue weighted by molar-refractivity contribution is 5.43. The molecule has 0 atom stereocenters. The van der Waals surface area contributed by atoms with Crippen molar-refractivity contribution in [1.82, 2.24) is 5.32 Å². The van der Waals surface area contributed by atoms with E-state index >= 15 is 0 Å². The van der Waals surface area contributed by atoms with E-state index in [4.69, 9.17) is 14.2 Å². The predicted molar refractivity (Wildman–Crippen MR) is 112 cm³/mol. The number of benzene rings is 3. The van der Waals surface area contributed by atoms with Crippen LogP contribution in [-0.4, -0.2) is 26.9 Å². The number of methoxy groups -OCH3 is 1. The Balaban J connectivity index is 1.42. The Kier molecular flexibility index (Phi) is 7.77. The normalized spacial score (nSPS) is 10.5. The molecule has 0 heterocycles. The average molecular weight is 377 g/mol. The molecule has 0 aliphatic heterocycles. The lowest BCUT2D eigenvalue weighted by Crippen LogP contribution is -2.16. The van der Waals surface area contributed by atoms with Crippen LogP contribution >= 0.6 is 0 Å². The molecule has 3 aromatic rings. The van der Waals surface area contributed by atoms with Crippen molar-refractivity contribution < 1.29 is 14.2 Å². The molecule has 0 unspecified atom stereocenters. The zero-order chi connectivity index (χ0) is 19.4. The van der Waals surface area contributed by atoms with E-state index in [-0.39, 0.29) is 0 Å². The largest absolute Gasteiger partial charge is 0.493 e. The summed E-state index contributed by atoms with van der Waals surface area (Å²) in [5.74, 6) is 2.31. The molecule has 0 amide bonds. The van der Waals surface area contributed by atoms with Gasteiger partial charge in [0.1, 0.15) is 19.0 Å². The first kappa shape index (κ1) is 19.8. The maximum Gasteiger partial charge on any atom is 0.161 e. The van der Waals surface area contributed by atoms with E-state index in [1.807, 2.05) is 48.5 Å². The topological polar surface area (TPSA) is 39.7 Å². The van der Waals surface area contributed by atoms with Crippen LogP contribution in [0.3, 0.4) is 0 Å². The smallest absolute Gasteiger partial charge is 0.161 e. The molecule has 4 nitrogen and oxygen atoms in total. The van der Waals surface area contributed by atoms with Gasteiger partial charge >= 0.3 is 0 Å². The van der Waals surface area contributed by atoms with Crippen molar-refractivity contribution in [1.29, 1.82) is 0 Å². The Labute approximate surface area is 167 Å². The van der Waals surface area contributed by atoms with Gasteiger partial charge in [-0.3, -0.25) is 0 Å². The van der Waals surface area contributed by atoms with Crippen molar-refractivity contribution in [3.8, 4) is 17.2 Å². The molecule has 0 fully saturated rings. The Morgan fingerprint density at radius 2 is 1.43 bits per heavy atom. The van der Waals surface area contributed by atoms with Gasteiger partial charge in [-0.15, -0.1) is 0 Å². The molecular formula is C24H27NO3.